The van der Waals surface area contributed by atoms with Gasteiger partial charge in [0, 0.05) is 36.5 Å². The lowest BCUT2D eigenvalue weighted by molar-refractivity contribution is 1.04. The van der Waals surface area contributed by atoms with Crippen molar-refractivity contribution in [1.82, 2.24) is 14.5 Å². The third kappa shape index (κ3) is 3.08. The van der Waals surface area contributed by atoms with Crippen LogP contribution >= 0.6 is 23.2 Å². The van der Waals surface area contributed by atoms with Crippen LogP contribution in [0.1, 0.15) is 11.1 Å². The first-order valence-corrected chi connectivity index (χ1v) is 7.52. The first-order chi connectivity index (χ1) is 10.6. The molecule has 0 aliphatic carbocycles. The Morgan fingerprint density at radius 1 is 1.18 bits per heavy atom. The van der Waals surface area contributed by atoms with Gasteiger partial charge in [0.15, 0.2) is 0 Å². The molecule has 0 aliphatic rings. The number of halogens is 2. The van der Waals surface area contributed by atoms with E-state index in [-0.39, 0.29) is 0 Å². The first-order valence-electron chi connectivity index (χ1n) is 6.77. The second-order valence-electron chi connectivity index (χ2n) is 4.90. The van der Waals surface area contributed by atoms with Gasteiger partial charge in [-0.1, -0.05) is 23.2 Å². The molecule has 6 heteroatoms. The minimum atomic E-state index is 0.326. The number of rotatable bonds is 4. The molecule has 22 heavy (non-hydrogen) atoms. The lowest BCUT2D eigenvalue weighted by Gasteiger charge is -2.12. The average Bonchev–Trinajstić information content (AvgIpc) is 3.03. The molecule has 0 radical (unpaired) electrons. The maximum atomic E-state index is 6.14. The molecular formula is C16H14Cl2N4. The first kappa shape index (κ1) is 14.9. The van der Waals surface area contributed by atoms with Gasteiger partial charge in [-0.05, 0) is 42.3 Å². The predicted molar refractivity (Wildman–Crippen MR) is 89.9 cm³/mol. The Kier molecular flexibility index (Phi) is 4.32. The van der Waals surface area contributed by atoms with Gasteiger partial charge in [-0.25, -0.2) is 9.97 Å². The molecule has 0 saturated carbocycles. The molecule has 4 nitrogen and oxygen atoms in total. The van der Waals surface area contributed by atoms with E-state index in [1.54, 1.807) is 18.7 Å². The Morgan fingerprint density at radius 2 is 2.05 bits per heavy atom. The van der Waals surface area contributed by atoms with Crippen LogP contribution in [-0.2, 0) is 6.54 Å². The second-order valence-corrected chi connectivity index (χ2v) is 5.64. The number of hydrogen-bond acceptors (Lipinski definition) is 3. The standard InChI is InChI=1S/C16H14Cl2N4/c1-11-8-13(2-3-14(11)22-7-6-19-10-22)21-9-12-4-5-20-16(18)15(12)17/h2-8,10,21H,9H2,1H3. The molecule has 0 unspecified atom stereocenters. The van der Waals surface area contributed by atoms with Crippen LogP contribution in [0.15, 0.2) is 49.2 Å². The van der Waals surface area contributed by atoms with Gasteiger partial charge in [0.2, 0.25) is 0 Å². The topological polar surface area (TPSA) is 42.7 Å². The zero-order valence-electron chi connectivity index (χ0n) is 11.9. The van der Waals surface area contributed by atoms with E-state index in [4.69, 9.17) is 23.2 Å². The number of pyridine rings is 1. The Morgan fingerprint density at radius 3 is 2.77 bits per heavy atom. The van der Waals surface area contributed by atoms with Gasteiger partial charge >= 0.3 is 0 Å². The third-order valence-corrected chi connectivity index (χ3v) is 4.19. The summed E-state index contributed by atoms with van der Waals surface area (Å²) in [6, 6.07) is 8.03. The van der Waals surface area contributed by atoms with E-state index < -0.39 is 0 Å². The number of aromatic nitrogens is 3. The Balaban J connectivity index is 1.76. The van der Waals surface area contributed by atoms with E-state index in [1.165, 1.54) is 0 Å². The number of nitrogens with one attached hydrogen (secondary N) is 1. The van der Waals surface area contributed by atoms with Gasteiger partial charge in [-0.2, -0.15) is 0 Å². The molecule has 3 rings (SSSR count). The molecule has 0 aliphatic heterocycles. The number of nitrogens with zero attached hydrogens (tertiary/aromatic N) is 3. The van der Waals surface area contributed by atoms with Crippen molar-refractivity contribution in [3.8, 4) is 5.69 Å². The molecule has 2 aromatic heterocycles. The van der Waals surface area contributed by atoms with Gasteiger partial charge in [0.25, 0.3) is 0 Å². The fourth-order valence-corrected chi connectivity index (χ4v) is 2.60. The summed E-state index contributed by atoms with van der Waals surface area (Å²) >= 11 is 12.1. The van der Waals surface area contributed by atoms with E-state index in [9.17, 15) is 0 Å². The highest BCUT2D eigenvalue weighted by Crippen LogP contribution is 2.25. The molecular weight excluding hydrogens is 319 g/mol. The van der Waals surface area contributed by atoms with Crippen molar-refractivity contribution in [3.05, 3.63) is 70.5 Å². The van der Waals surface area contributed by atoms with Crippen molar-refractivity contribution < 1.29 is 0 Å². The van der Waals surface area contributed by atoms with E-state index >= 15 is 0 Å². The molecule has 1 aromatic carbocycles. The second kappa shape index (κ2) is 6.38. The van der Waals surface area contributed by atoms with Crippen molar-refractivity contribution in [3.63, 3.8) is 0 Å². The zero-order valence-corrected chi connectivity index (χ0v) is 13.4. The van der Waals surface area contributed by atoms with Crippen LogP contribution in [-0.4, -0.2) is 14.5 Å². The molecule has 0 bridgehead atoms. The summed E-state index contributed by atoms with van der Waals surface area (Å²) in [6.07, 6.45) is 7.13. The lowest BCUT2D eigenvalue weighted by atomic mass is 10.1. The highest BCUT2D eigenvalue weighted by Gasteiger charge is 2.06. The zero-order chi connectivity index (χ0) is 15.5. The summed E-state index contributed by atoms with van der Waals surface area (Å²) in [6.45, 7) is 2.65. The van der Waals surface area contributed by atoms with Crippen LogP contribution in [0.4, 0.5) is 5.69 Å². The van der Waals surface area contributed by atoms with E-state index in [0.29, 0.717) is 16.7 Å². The number of benzene rings is 1. The highest BCUT2D eigenvalue weighted by atomic mass is 35.5. The van der Waals surface area contributed by atoms with Gasteiger partial charge in [-0.3, -0.25) is 0 Å². The minimum absolute atomic E-state index is 0.326. The van der Waals surface area contributed by atoms with Crippen LogP contribution in [0.2, 0.25) is 10.2 Å². The minimum Gasteiger partial charge on any atom is -0.381 e. The quantitative estimate of drug-likeness (QED) is 0.715. The number of hydrogen-bond donors (Lipinski definition) is 1. The summed E-state index contributed by atoms with van der Waals surface area (Å²) < 4.78 is 1.98. The molecule has 2 heterocycles. The summed E-state index contributed by atoms with van der Waals surface area (Å²) in [5.41, 5.74) is 4.19. The normalized spacial score (nSPS) is 10.7. The van der Waals surface area contributed by atoms with Gasteiger partial charge < -0.3 is 9.88 Å². The van der Waals surface area contributed by atoms with Crippen LogP contribution in [0.3, 0.4) is 0 Å². The Bertz CT molecular complexity index is 785. The molecule has 3 aromatic rings. The number of anilines is 1. The number of aryl methyl sites for hydroxylation is 1. The largest absolute Gasteiger partial charge is 0.381 e. The van der Waals surface area contributed by atoms with Crippen molar-refractivity contribution in [1.29, 1.82) is 0 Å². The fraction of sp³-hybridized carbons (Fsp3) is 0.125. The van der Waals surface area contributed by atoms with Crippen molar-refractivity contribution in [2.75, 3.05) is 5.32 Å². The van der Waals surface area contributed by atoms with Crippen LogP contribution < -0.4 is 5.32 Å². The Labute approximate surface area is 138 Å². The van der Waals surface area contributed by atoms with Crippen molar-refractivity contribution >= 4 is 28.9 Å². The third-order valence-electron chi connectivity index (χ3n) is 3.39. The fourth-order valence-electron chi connectivity index (χ4n) is 2.25. The lowest BCUT2D eigenvalue weighted by Crippen LogP contribution is -2.02. The summed E-state index contributed by atoms with van der Waals surface area (Å²) in [5, 5.41) is 4.16. The van der Waals surface area contributed by atoms with E-state index in [0.717, 1.165) is 22.5 Å². The van der Waals surface area contributed by atoms with Gasteiger partial charge in [-0.15, -0.1) is 0 Å². The highest BCUT2D eigenvalue weighted by molar-refractivity contribution is 6.41. The van der Waals surface area contributed by atoms with E-state index in [2.05, 4.69) is 34.3 Å². The maximum Gasteiger partial charge on any atom is 0.147 e. The number of imidazole rings is 1. The van der Waals surface area contributed by atoms with Crippen LogP contribution in [0, 0.1) is 6.92 Å². The Hall–Kier alpha value is -2.04. The summed E-state index contributed by atoms with van der Waals surface area (Å²) in [4.78, 5) is 8.02. The molecule has 112 valence electrons. The molecule has 1 N–H and O–H groups in total. The van der Waals surface area contributed by atoms with Crippen molar-refractivity contribution in [2.45, 2.75) is 13.5 Å². The maximum absolute atomic E-state index is 6.14. The summed E-state index contributed by atoms with van der Waals surface area (Å²) in [7, 11) is 0. The monoisotopic (exact) mass is 332 g/mol. The predicted octanol–water partition coefficient (Wildman–Crippen LogP) is 4.49. The van der Waals surface area contributed by atoms with Crippen molar-refractivity contribution in [2.24, 2.45) is 0 Å². The molecule has 0 atom stereocenters. The molecule has 0 fully saturated rings. The molecule has 0 saturated heterocycles. The average molecular weight is 333 g/mol. The van der Waals surface area contributed by atoms with Crippen LogP contribution in [0.5, 0.6) is 0 Å². The SMILES string of the molecule is Cc1cc(NCc2ccnc(Cl)c2Cl)ccc1-n1ccnc1. The molecule has 0 amide bonds. The van der Waals surface area contributed by atoms with Crippen LogP contribution in [0.25, 0.3) is 5.69 Å². The van der Waals surface area contributed by atoms with Gasteiger partial charge in [0.1, 0.15) is 5.15 Å². The van der Waals surface area contributed by atoms with Gasteiger partial charge in [0.05, 0.1) is 11.3 Å². The summed E-state index contributed by atoms with van der Waals surface area (Å²) in [5.74, 6) is 0. The van der Waals surface area contributed by atoms with E-state index in [1.807, 2.05) is 22.9 Å². The molecule has 0 spiro atoms. The smallest absolute Gasteiger partial charge is 0.147 e.